The molecule has 0 N–H and O–H groups in total. The number of nitrogens with zero attached hydrogens (tertiary/aromatic N) is 2. The molecule has 0 heterocycles. The van der Waals surface area contributed by atoms with E-state index in [-0.39, 0.29) is 5.91 Å². The van der Waals surface area contributed by atoms with Gasteiger partial charge in [-0.15, -0.1) is 0 Å². The van der Waals surface area contributed by atoms with Crippen molar-refractivity contribution in [2.75, 3.05) is 33.7 Å². The van der Waals surface area contributed by atoms with E-state index in [1.165, 1.54) is 0 Å². The summed E-state index contributed by atoms with van der Waals surface area (Å²) in [5, 5.41) is 0. The second-order valence-corrected chi connectivity index (χ2v) is 6.35. The lowest BCUT2D eigenvalue weighted by Gasteiger charge is -2.28. The summed E-state index contributed by atoms with van der Waals surface area (Å²) in [5.74, 6) is 0.715. The van der Waals surface area contributed by atoms with Crippen LogP contribution in [0, 0.1) is 0 Å². The molecule has 4 heteroatoms. The maximum absolute atomic E-state index is 13.2. The van der Waals surface area contributed by atoms with E-state index >= 15 is 0 Å². The number of carbonyl (C=O) groups is 1. The summed E-state index contributed by atoms with van der Waals surface area (Å²) in [6, 6.07) is 19.2. The lowest BCUT2D eigenvalue weighted by molar-refractivity contribution is -0.139. The molecule has 0 saturated carbocycles. The van der Waals surface area contributed by atoms with Gasteiger partial charge < -0.3 is 14.5 Å². The minimum atomic E-state index is -0.627. The molecule has 0 saturated heterocycles. The first kappa shape index (κ1) is 19.0. The summed E-state index contributed by atoms with van der Waals surface area (Å²) in [4.78, 5) is 17.2. The van der Waals surface area contributed by atoms with Gasteiger partial charge >= 0.3 is 0 Å². The molecule has 25 heavy (non-hydrogen) atoms. The molecule has 0 aliphatic carbocycles. The van der Waals surface area contributed by atoms with Gasteiger partial charge in [0.05, 0.1) is 0 Å². The monoisotopic (exact) mass is 340 g/mol. The molecule has 0 aliphatic rings. The molecule has 1 amide bonds. The van der Waals surface area contributed by atoms with Crippen LogP contribution in [-0.4, -0.2) is 49.4 Å². The van der Waals surface area contributed by atoms with Crippen LogP contribution >= 0.6 is 0 Å². The van der Waals surface area contributed by atoms with Crippen molar-refractivity contribution in [1.29, 1.82) is 0 Å². The lowest BCUT2D eigenvalue weighted by Crippen LogP contribution is -2.41. The zero-order valence-corrected chi connectivity index (χ0v) is 15.4. The zero-order valence-electron chi connectivity index (χ0n) is 15.4. The van der Waals surface area contributed by atoms with Gasteiger partial charge in [-0.05, 0) is 32.6 Å². The molecular formula is C21H28N2O2. The third-order valence-electron chi connectivity index (χ3n) is 3.95. The molecule has 0 radical (unpaired) electrons. The molecule has 0 fully saturated rings. The summed E-state index contributed by atoms with van der Waals surface area (Å²) in [6.45, 7) is 4.35. The smallest absolute Gasteiger partial charge is 0.268 e. The van der Waals surface area contributed by atoms with Crippen LogP contribution in [0.2, 0.25) is 0 Å². The van der Waals surface area contributed by atoms with E-state index < -0.39 is 6.10 Å². The Balaban J connectivity index is 2.24. The van der Waals surface area contributed by atoms with Crippen molar-refractivity contribution in [2.45, 2.75) is 19.4 Å². The van der Waals surface area contributed by atoms with Crippen LogP contribution < -0.4 is 4.74 Å². The van der Waals surface area contributed by atoms with E-state index in [0.717, 1.165) is 25.1 Å². The molecule has 2 aromatic rings. The highest BCUT2D eigenvalue weighted by atomic mass is 16.5. The molecule has 0 aromatic heterocycles. The largest absolute Gasteiger partial charge is 0.476 e. The number of hydrogen-bond donors (Lipinski definition) is 0. The van der Waals surface area contributed by atoms with E-state index in [0.29, 0.717) is 12.3 Å². The molecule has 0 spiro atoms. The van der Waals surface area contributed by atoms with Crippen molar-refractivity contribution in [3.63, 3.8) is 0 Å². The van der Waals surface area contributed by atoms with Gasteiger partial charge in [-0.3, -0.25) is 4.79 Å². The van der Waals surface area contributed by atoms with Gasteiger partial charge in [-0.2, -0.15) is 0 Å². The molecule has 2 rings (SSSR count). The van der Waals surface area contributed by atoms with E-state index in [1.54, 1.807) is 0 Å². The standard InChI is InChI=1S/C21H28N2O2/c1-4-15-23(17-16-22(2)3)21(24)20(18-11-7-5-8-12-18)25-19-13-9-6-10-14-19/h5-14,20H,4,15-17H2,1-3H3. The fourth-order valence-electron chi connectivity index (χ4n) is 2.61. The molecule has 0 bridgehead atoms. The van der Waals surface area contributed by atoms with E-state index in [4.69, 9.17) is 4.74 Å². The van der Waals surface area contributed by atoms with Crippen LogP contribution in [0.3, 0.4) is 0 Å². The first-order valence-electron chi connectivity index (χ1n) is 8.82. The Labute approximate surface area is 151 Å². The second kappa shape index (κ2) is 9.84. The third-order valence-corrected chi connectivity index (χ3v) is 3.95. The highest BCUT2D eigenvalue weighted by Gasteiger charge is 2.27. The number of hydrogen-bond acceptors (Lipinski definition) is 3. The number of carbonyl (C=O) groups excluding carboxylic acids is 1. The molecule has 1 atom stereocenters. The van der Waals surface area contributed by atoms with E-state index in [1.807, 2.05) is 79.7 Å². The average Bonchev–Trinajstić information content (AvgIpc) is 2.64. The predicted octanol–water partition coefficient (Wildman–Crippen LogP) is 3.61. The number of likely N-dealkylation sites (N-methyl/N-ethyl adjacent to an activating group) is 1. The quantitative estimate of drug-likeness (QED) is 0.699. The lowest BCUT2D eigenvalue weighted by atomic mass is 10.1. The minimum Gasteiger partial charge on any atom is -0.476 e. The molecular weight excluding hydrogens is 312 g/mol. The van der Waals surface area contributed by atoms with Crippen molar-refractivity contribution in [1.82, 2.24) is 9.80 Å². The molecule has 134 valence electrons. The maximum Gasteiger partial charge on any atom is 0.268 e. The number of rotatable bonds is 9. The molecule has 0 aliphatic heterocycles. The maximum atomic E-state index is 13.2. The number of para-hydroxylation sites is 1. The molecule has 2 aromatic carbocycles. The molecule has 1 unspecified atom stereocenters. The summed E-state index contributed by atoms with van der Waals surface area (Å²) >= 11 is 0. The fraction of sp³-hybridized carbons (Fsp3) is 0.381. The van der Waals surface area contributed by atoms with Gasteiger partial charge in [0, 0.05) is 25.2 Å². The van der Waals surface area contributed by atoms with Crippen molar-refractivity contribution in [3.05, 3.63) is 66.2 Å². The highest BCUT2D eigenvalue weighted by Crippen LogP contribution is 2.24. The topological polar surface area (TPSA) is 32.8 Å². The summed E-state index contributed by atoms with van der Waals surface area (Å²) < 4.78 is 6.09. The van der Waals surface area contributed by atoms with Crippen LogP contribution in [0.4, 0.5) is 0 Å². The van der Waals surface area contributed by atoms with E-state index in [9.17, 15) is 4.79 Å². The average molecular weight is 340 g/mol. The van der Waals surface area contributed by atoms with Gasteiger partial charge in [0.15, 0.2) is 0 Å². The first-order valence-corrected chi connectivity index (χ1v) is 8.82. The molecule has 4 nitrogen and oxygen atoms in total. The van der Waals surface area contributed by atoms with Gasteiger partial charge in [0.25, 0.3) is 5.91 Å². The van der Waals surface area contributed by atoms with E-state index in [2.05, 4.69) is 11.8 Å². The van der Waals surface area contributed by atoms with Gasteiger partial charge in [-0.1, -0.05) is 55.5 Å². The van der Waals surface area contributed by atoms with Crippen LogP contribution in [0.25, 0.3) is 0 Å². The minimum absolute atomic E-state index is 0.0127. The summed E-state index contributed by atoms with van der Waals surface area (Å²) in [6.07, 6.45) is 0.295. The Kier molecular flexibility index (Phi) is 7.48. The first-order chi connectivity index (χ1) is 12.1. The number of amides is 1. The van der Waals surface area contributed by atoms with Crippen molar-refractivity contribution in [3.8, 4) is 5.75 Å². The van der Waals surface area contributed by atoms with Crippen molar-refractivity contribution >= 4 is 5.91 Å². The Morgan fingerprint density at radius 3 is 2.08 bits per heavy atom. The van der Waals surface area contributed by atoms with Gasteiger partial charge in [-0.25, -0.2) is 0 Å². The predicted molar refractivity (Wildman–Crippen MR) is 102 cm³/mol. The Morgan fingerprint density at radius 1 is 0.920 bits per heavy atom. The normalized spacial score (nSPS) is 12.0. The Morgan fingerprint density at radius 2 is 1.52 bits per heavy atom. The Hall–Kier alpha value is -2.33. The number of ether oxygens (including phenoxy) is 1. The van der Waals surface area contributed by atoms with Gasteiger partial charge in [0.2, 0.25) is 6.10 Å². The SMILES string of the molecule is CCCN(CCN(C)C)C(=O)C(Oc1ccccc1)c1ccccc1. The fourth-order valence-corrected chi connectivity index (χ4v) is 2.61. The van der Waals surface area contributed by atoms with Crippen LogP contribution in [0.1, 0.15) is 25.0 Å². The zero-order chi connectivity index (χ0) is 18.1. The van der Waals surface area contributed by atoms with Gasteiger partial charge in [0.1, 0.15) is 5.75 Å². The van der Waals surface area contributed by atoms with Crippen LogP contribution in [0.15, 0.2) is 60.7 Å². The Bertz CT molecular complexity index is 629. The number of benzene rings is 2. The van der Waals surface area contributed by atoms with Crippen molar-refractivity contribution in [2.24, 2.45) is 0 Å². The summed E-state index contributed by atoms with van der Waals surface area (Å²) in [7, 11) is 4.04. The summed E-state index contributed by atoms with van der Waals surface area (Å²) in [5.41, 5.74) is 0.877. The highest BCUT2D eigenvalue weighted by molar-refractivity contribution is 5.82. The van der Waals surface area contributed by atoms with Crippen molar-refractivity contribution < 1.29 is 9.53 Å². The third kappa shape index (κ3) is 5.91. The second-order valence-electron chi connectivity index (χ2n) is 6.35. The van der Waals surface area contributed by atoms with Crippen LogP contribution in [0.5, 0.6) is 5.75 Å². The van der Waals surface area contributed by atoms with Crippen LogP contribution in [-0.2, 0) is 4.79 Å².